The molecule has 0 aliphatic rings. The molecule has 2 N–H and O–H groups in total. The largest absolute Gasteiger partial charge is 0.396 e. The maximum absolute atomic E-state index is 12.1. The zero-order valence-corrected chi connectivity index (χ0v) is 14.6. The third kappa shape index (κ3) is 5.11. The average Bonchev–Trinajstić information content (AvgIpc) is 2.96. The second kappa shape index (κ2) is 7.66. The second-order valence-electron chi connectivity index (χ2n) is 6.26. The number of aliphatic hydroxyl groups is 1. The molecule has 0 fully saturated rings. The molecule has 0 aliphatic carbocycles. The molecule has 0 bridgehead atoms. The summed E-state index contributed by atoms with van der Waals surface area (Å²) in [5.74, 6) is 0.249. The Morgan fingerprint density at radius 2 is 2.00 bits per heavy atom. The fraction of sp³-hybridized carbons (Fsp3) is 0.412. The smallest absolute Gasteiger partial charge is 0.234 e. The first kappa shape index (κ1) is 17.6. The van der Waals surface area contributed by atoms with Gasteiger partial charge in [-0.25, -0.2) is 4.98 Å². The molecule has 2 aromatic rings. The topological polar surface area (TPSA) is 67.2 Å². The van der Waals surface area contributed by atoms with Gasteiger partial charge in [-0.3, -0.25) is 4.79 Å². The summed E-state index contributed by atoms with van der Waals surface area (Å²) in [6, 6.07) is 7.52. The average molecular weight is 333 g/mol. The van der Waals surface area contributed by atoms with Gasteiger partial charge in [0.15, 0.2) is 5.16 Å². The molecule has 1 aromatic carbocycles. The maximum Gasteiger partial charge on any atom is 0.234 e. The first-order chi connectivity index (χ1) is 10.9. The molecule has 0 saturated carbocycles. The van der Waals surface area contributed by atoms with E-state index in [1.807, 2.05) is 30.5 Å². The van der Waals surface area contributed by atoms with Crippen molar-refractivity contribution in [3.05, 3.63) is 42.2 Å². The Hall–Kier alpha value is -1.79. The van der Waals surface area contributed by atoms with Crippen molar-refractivity contribution < 1.29 is 9.90 Å². The van der Waals surface area contributed by atoms with Gasteiger partial charge in [0.2, 0.25) is 5.91 Å². The van der Waals surface area contributed by atoms with Crippen LogP contribution in [0.5, 0.6) is 0 Å². The van der Waals surface area contributed by atoms with E-state index in [1.54, 1.807) is 6.20 Å². The quantitative estimate of drug-likeness (QED) is 0.798. The minimum absolute atomic E-state index is 0.0577. The maximum atomic E-state index is 12.1. The summed E-state index contributed by atoms with van der Waals surface area (Å²) in [4.78, 5) is 16.4. The summed E-state index contributed by atoms with van der Waals surface area (Å²) in [6.07, 6.45) is 4.31. The van der Waals surface area contributed by atoms with Crippen molar-refractivity contribution in [2.24, 2.45) is 0 Å². The molecule has 0 aliphatic heterocycles. The highest BCUT2D eigenvalue weighted by molar-refractivity contribution is 7.99. The van der Waals surface area contributed by atoms with E-state index in [0.29, 0.717) is 12.2 Å². The van der Waals surface area contributed by atoms with Gasteiger partial charge in [-0.05, 0) is 44.9 Å². The highest BCUT2D eigenvalue weighted by Crippen LogP contribution is 2.23. The van der Waals surface area contributed by atoms with E-state index in [4.69, 9.17) is 5.11 Å². The van der Waals surface area contributed by atoms with Gasteiger partial charge < -0.3 is 15.0 Å². The fourth-order valence-corrected chi connectivity index (χ4v) is 3.06. The highest BCUT2D eigenvalue weighted by atomic mass is 32.2. The predicted molar refractivity (Wildman–Crippen MR) is 93.8 cm³/mol. The minimum Gasteiger partial charge on any atom is -0.396 e. The number of carbonyl (C=O) groups is 1. The number of nitrogens with zero attached hydrogens (tertiary/aromatic N) is 2. The molecular weight excluding hydrogens is 310 g/mol. The zero-order chi connectivity index (χ0) is 16.9. The first-order valence-corrected chi connectivity index (χ1v) is 8.55. The van der Waals surface area contributed by atoms with Crippen molar-refractivity contribution in [2.75, 3.05) is 17.7 Å². The Morgan fingerprint density at radius 3 is 2.61 bits per heavy atom. The SMILES string of the molecule is CC(C)(C)n1ccnc1SCC(=O)Nc1ccc(CCO)cc1. The number of hydrogen-bond donors (Lipinski definition) is 2. The monoisotopic (exact) mass is 333 g/mol. The zero-order valence-electron chi connectivity index (χ0n) is 13.7. The van der Waals surface area contributed by atoms with Gasteiger partial charge in [0.05, 0.1) is 5.75 Å². The summed E-state index contributed by atoms with van der Waals surface area (Å²) in [7, 11) is 0. The number of rotatable bonds is 6. The third-order valence-electron chi connectivity index (χ3n) is 3.30. The number of benzene rings is 1. The Balaban J connectivity index is 1.89. The Morgan fingerprint density at radius 1 is 1.30 bits per heavy atom. The van der Waals surface area contributed by atoms with E-state index in [2.05, 4.69) is 35.6 Å². The molecule has 1 aromatic heterocycles. The van der Waals surface area contributed by atoms with E-state index in [9.17, 15) is 4.79 Å². The van der Waals surface area contributed by atoms with Gasteiger partial charge in [0.1, 0.15) is 0 Å². The molecule has 2 rings (SSSR count). The number of aromatic nitrogens is 2. The van der Waals surface area contributed by atoms with E-state index in [0.717, 1.165) is 16.4 Å². The van der Waals surface area contributed by atoms with Crippen LogP contribution in [0.15, 0.2) is 41.8 Å². The predicted octanol–water partition coefficient (Wildman–Crippen LogP) is 2.90. The van der Waals surface area contributed by atoms with Gasteiger partial charge in [-0.1, -0.05) is 23.9 Å². The molecule has 5 nitrogen and oxygen atoms in total. The van der Waals surface area contributed by atoms with Gasteiger partial charge in [-0.2, -0.15) is 0 Å². The highest BCUT2D eigenvalue weighted by Gasteiger charge is 2.17. The lowest BCUT2D eigenvalue weighted by atomic mass is 10.1. The standard InChI is InChI=1S/C17H23N3O2S/c1-17(2,3)20-10-9-18-16(20)23-12-15(22)19-14-6-4-13(5-7-14)8-11-21/h4-7,9-10,21H,8,11-12H2,1-3H3,(H,19,22). The minimum atomic E-state index is -0.0617. The van der Waals surface area contributed by atoms with Crippen molar-refractivity contribution in [1.82, 2.24) is 9.55 Å². The number of amides is 1. The lowest BCUT2D eigenvalue weighted by molar-refractivity contribution is -0.113. The van der Waals surface area contributed by atoms with Crippen LogP contribution >= 0.6 is 11.8 Å². The van der Waals surface area contributed by atoms with Crippen molar-refractivity contribution in [3.63, 3.8) is 0 Å². The van der Waals surface area contributed by atoms with Crippen LogP contribution in [0.2, 0.25) is 0 Å². The lowest BCUT2D eigenvalue weighted by Gasteiger charge is -2.22. The third-order valence-corrected chi connectivity index (χ3v) is 4.27. The molecule has 0 atom stereocenters. The number of carbonyl (C=O) groups excluding carboxylic acids is 1. The van der Waals surface area contributed by atoms with E-state index < -0.39 is 0 Å². The number of nitrogens with one attached hydrogen (secondary N) is 1. The lowest BCUT2D eigenvalue weighted by Crippen LogP contribution is -2.22. The molecule has 0 spiro atoms. The number of imidazole rings is 1. The van der Waals surface area contributed by atoms with Gasteiger partial charge in [0, 0.05) is 30.2 Å². The first-order valence-electron chi connectivity index (χ1n) is 7.56. The number of hydrogen-bond acceptors (Lipinski definition) is 4. The molecule has 23 heavy (non-hydrogen) atoms. The Kier molecular flexibility index (Phi) is 5.85. The van der Waals surface area contributed by atoms with E-state index in [1.165, 1.54) is 11.8 Å². The van der Waals surface area contributed by atoms with Crippen molar-refractivity contribution in [1.29, 1.82) is 0 Å². The molecule has 1 amide bonds. The summed E-state index contributed by atoms with van der Waals surface area (Å²) in [5.41, 5.74) is 1.75. The van der Waals surface area contributed by atoms with Gasteiger partial charge >= 0.3 is 0 Å². The van der Waals surface area contributed by atoms with Crippen molar-refractivity contribution in [2.45, 2.75) is 37.9 Å². The van der Waals surface area contributed by atoms with Crippen LogP contribution in [0, 0.1) is 0 Å². The van der Waals surface area contributed by atoms with Crippen molar-refractivity contribution >= 4 is 23.4 Å². The number of aliphatic hydroxyl groups excluding tert-OH is 1. The summed E-state index contributed by atoms with van der Waals surface area (Å²) in [5, 5.41) is 12.6. The van der Waals surface area contributed by atoms with Crippen LogP contribution in [0.25, 0.3) is 0 Å². The van der Waals surface area contributed by atoms with Crippen LogP contribution in [-0.2, 0) is 16.8 Å². The van der Waals surface area contributed by atoms with Crippen LogP contribution < -0.4 is 5.32 Å². The van der Waals surface area contributed by atoms with Crippen LogP contribution in [0.3, 0.4) is 0 Å². The summed E-state index contributed by atoms with van der Waals surface area (Å²) < 4.78 is 2.06. The van der Waals surface area contributed by atoms with Gasteiger partial charge in [0.25, 0.3) is 0 Å². The van der Waals surface area contributed by atoms with Crippen LogP contribution in [-0.4, -0.2) is 32.9 Å². The van der Waals surface area contributed by atoms with Crippen LogP contribution in [0.1, 0.15) is 26.3 Å². The van der Waals surface area contributed by atoms with Crippen molar-refractivity contribution in [3.8, 4) is 0 Å². The van der Waals surface area contributed by atoms with Crippen LogP contribution in [0.4, 0.5) is 5.69 Å². The van der Waals surface area contributed by atoms with E-state index >= 15 is 0 Å². The number of anilines is 1. The fourth-order valence-electron chi connectivity index (χ4n) is 2.12. The normalized spacial score (nSPS) is 11.5. The summed E-state index contributed by atoms with van der Waals surface area (Å²) >= 11 is 1.43. The Labute approximate surface area is 141 Å². The van der Waals surface area contributed by atoms with Gasteiger partial charge in [-0.15, -0.1) is 0 Å². The molecule has 0 unspecified atom stereocenters. The molecule has 0 radical (unpaired) electrons. The van der Waals surface area contributed by atoms with E-state index in [-0.39, 0.29) is 18.1 Å². The number of thioether (sulfide) groups is 1. The molecular formula is C17H23N3O2S. The molecule has 1 heterocycles. The Bertz CT molecular complexity index is 645. The molecule has 0 saturated heterocycles. The molecule has 6 heteroatoms. The summed E-state index contributed by atoms with van der Waals surface area (Å²) in [6.45, 7) is 6.44. The molecule has 124 valence electrons. The second-order valence-corrected chi connectivity index (χ2v) is 7.20.